The number of fused-ring (bicyclic) bond motifs is 2. The van der Waals surface area contributed by atoms with Crippen LogP contribution in [-0.2, 0) is 6.54 Å². The molecule has 0 N–H and O–H groups in total. The van der Waals surface area contributed by atoms with E-state index in [2.05, 4.69) is 81.2 Å². The molecular weight excluding hydrogens is 320 g/mol. The topological polar surface area (TPSA) is 33.4 Å². The van der Waals surface area contributed by atoms with E-state index < -0.39 is 0 Å². The van der Waals surface area contributed by atoms with E-state index in [1.165, 1.54) is 27.8 Å². The summed E-state index contributed by atoms with van der Waals surface area (Å²) in [6.45, 7) is 2.01. The fraction of sp³-hybridized carbons (Fsp3) is 0.182. The van der Waals surface area contributed by atoms with Crippen molar-refractivity contribution in [2.45, 2.75) is 12.5 Å². The van der Waals surface area contributed by atoms with Gasteiger partial charge in [-0.2, -0.15) is 0 Å². The molecule has 0 spiro atoms. The van der Waals surface area contributed by atoms with Gasteiger partial charge in [-0.1, -0.05) is 12.1 Å². The van der Waals surface area contributed by atoms with Crippen LogP contribution in [0.2, 0.25) is 0 Å². The van der Waals surface area contributed by atoms with E-state index in [4.69, 9.17) is 0 Å². The number of hydrogen-bond acceptors (Lipinski definition) is 3. The van der Waals surface area contributed by atoms with E-state index in [1.807, 2.05) is 12.4 Å². The molecule has 0 aliphatic carbocycles. The second-order valence-electron chi connectivity index (χ2n) is 7.09. The average Bonchev–Trinajstić information content (AvgIpc) is 3.15. The zero-order valence-electron chi connectivity index (χ0n) is 14.7. The van der Waals surface area contributed by atoms with E-state index in [-0.39, 0.29) is 0 Å². The molecule has 1 aliphatic heterocycles. The van der Waals surface area contributed by atoms with E-state index in [9.17, 15) is 0 Å². The first-order valence-electron chi connectivity index (χ1n) is 8.91. The molecule has 0 radical (unpaired) electrons. The monoisotopic (exact) mass is 340 g/mol. The largest absolute Gasteiger partial charge is 0.324 e. The molecule has 0 saturated heterocycles. The minimum absolute atomic E-state index is 0.393. The van der Waals surface area contributed by atoms with Gasteiger partial charge in [-0.3, -0.25) is 0 Å². The lowest BCUT2D eigenvalue weighted by Crippen LogP contribution is -2.31. The highest BCUT2D eigenvalue weighted by atomic mass is 15.1. The maximum absolute atomic E-state index is 4.15. The summed E-state index contributed by atoms with van der Waals surface area (Å²) in [7, 11) is 2.20. The quantitative estimate of drug-likeness (QED) is 0.553. The van der Waals surface area contributed by atoms with Crippen LogP contribution in [-0.4, -0.2) is 32.9 Å². The highest BCUT2D eigenvalue weighted by Crippen LogP contribution is 2.35. The molecule has 4 heterocycles. The van der Waals surface area contributed by atoms with Crippen LogP contribution in [0.25, 0.3) is 16.6 Å². The zero-order chi connectivity index (χ0) is 17.5. The highest BCUT2D eigenvalue weighted by Gasteiger charge is 2.25. The summed E-state index contributed by atoms with van der Waals surface area (Å²) in [5, 5.41) is 0. The lowest BCUT2D eigenvalue weighted by atomic mass is 9.84. The summed E-state index contributed by atoms with van der Waals surface area (Å²) < 4.78 is 2.16. The normalized spacial score (nSPS) is 17.3. The highest BCUT2D eigenvalue weighted by molar-refractivity contribution is 5.64. The van der Waals surface area contributed by atoms with Gasteiger partial charge in [0.25, 0.3) is 0 Å². The molecule has 1 aliphatic rings. The van der Waals surface area contributed by atoms with Crippen molar-refractivity contribution in [1.29, 1.82) is 0 Å². The molecule has 26 heavy (non-hydrogen) atoms. The van der Waals surface area contributed by atoms with Crippen molar-refractivity contribution in [1.82, 2.24) is 19.3 Å². The number of pyridine rings is 1. The molecule has 1 atom stereocenters. The summed E-state index contributed by atoms with van der Waals surface area (Å²) in [5.41, 5.74) is 7.69. The lowest BCUT2D eigenvalue weighted by molar-refractivity contribution is 0.295. The molecule has 4 heteroatoms. The van der Waals surface area contributed by atoms with Crippen LogP contribution >= 0.6 is 0 Å². The molecule has 4 nitrogen and oxygen atoms in total. The Bertz CT molecular complexity index is 1070. The van der Waals surface area contributed by atoms with Crippen molar-refractivity contribution >= 4 is 5.52 Å². The third-order valence-electron chi connectivity index (χ3n) is 5.30. The predicted octanol–water partition coefficient (Wildman–Crippen LogP) is 3.97. The van der Waals surface area contributed by atoms with Gasteiger partial charge in [-0.05, 0) is 59.6 Å². The average molecular weight is 340 g/mol. The lowest BCUT2D eigenvalue weighted by Gasteiger charge is -2.33. The first-order chi connectivity index (χ1) is 12.8. The fourth-order valence-corrected chi connectivity index (χ4v) is 4.03. The smallest absolute Gasteiger partial charge is 0.115 e. The molecule has 1 unspecified atom stereocenters. The SMILES string of the molecule is CN1Cc2cc(-c3cncnc3)ccc2C(c2ccn3cccc3c2)C1. The standard InChI is InChI=1S/C22H20N4/c1-25-13-18-9-16(19-11-23-15-24-12-19)4-5-21(18)22(14-25)17-6-8-26-7-2-3-20(26)10-17/h2-12,15,22H,13-14H2,1H3. The first kappa shape index (κ1) is 15.3. The molecule has 3 aromatic heterocycles. The van der Waals surface area contributed by atoms with Gasteiger partial charge in [0.05, 0.1) is 0 Å². The van der Waals surface area contributed by atoms with E-state index in [0.717, 1.165) is 18.7 Å². The minimum atomic E-state index is 0.393. The van der Waals surface area contributed by atoms with Crippen LogP contribution in [0, 0.1) is 0 Å². The first-order valence-corrected chi connectivity index (χ1v) is 8.91. The molecule has 5 rings (SSSR count). The summed E-state index contributed by atoms with van der Waals surface area (Å²) in [6, 6.07) is 15.6. The molecule has 4 aromatic rings. The van der Waals surface area contributed by atoms with Gasteiger partial charge in [0, 0.05) is 54.9 Å². The van der Waals surface area contributed by atoms with E-state index in [0.29, 0.717) is 5.92 Å². The van der Waals surface area contributed by atoms with Crippen molar-refractivity contribution in [3.63, 3.8) is 0 Å². The Morgan fingerprint density at radius 2 is 1.85 bits per heavy atom. The van der Waals surface area contributed by atoms with Gasteiger partial charge >= 0.3 is 0 Å². The Hall–Kier alpha value is -2.98. The van der Waals surface area contributed by atoms with Crippen LogP contribution in [0.1, 0.15) is 22.6 Å². The van der Waals surface area contributed by atoms with Crippen molar-refractivity contribution in [2.24, 2.45) is 0 Å². The number of rotatable bonds is 2. The molecule has 0 bridgehead atoms. The van der Waals surface area contributed by atoms with E-state index in [1.54, 1.807) is 6.33 Å². The third-order valence-corrected chi connectivity index (χ3v) is 5.30. The van der Waals surface area contributed by atoms with Crippen LogP contribution in [0.4, 0.5) is 0 Å². The Labute approximate surface area is 152 Å². The number of likely N-dealkylation sites (N-methyl/N-ethyl adjacent to an activating group) is 1. The predicted molar refractivity (Wildman–Crippen MR) is 103 cm³/mol. The van der Waals surface area contributed by atoms with Crippen molar-refractivity contribution < 1.29 is 0 Å². The summed E-state index contributed by atoms with van der Waals surface area (Å²) in [4.78, 5) is 10.7. The number of aromatic nitrogens is 3. The van der Waals surface area contributed by atoms with Crippen molar-refractivity contribution in [3.8, 4) is 11.1 Å². The second-order valence-corrected chi connectivity index (χ2v) is 7.09. The van der Waals surface area contributed by atoms with Crippen LogP contribution in [0.15, 0.2) is 73.6 Å². The fourth-order valence-electron chi connectivity index (χ4n) is 4.03. The van der Waals surface area contributed by atoms with Gasteiger partial charge in [0.2, 0.25) is 0 Å². The van der Waals surface area contributed by atoms with Gasteiger partial charge in [-0.15, -0.1) is 0 Å². The molecule has 1 aromatic carbocycles. The molecule has 0 saturated carbocycles. The Morgan fingerprint density at radius 1 is 0.962 bits per heavy atom. The Morgan fingerprint density at radius 3 is 2.73 bits per heavy atom. The Kier molecular flexibility index (Phi) is 3.57. The maximum atomic E-state index is 4.15. The van der Waals surface area contributed by atoms with Gasteiger partial charge < -0.3 is 9.30 Å². The van der Waals surface area contributed by atoms with Crippen LogP contribution < -0.4 is 0 Å². The third kappa shape index (κ3) is 2.59. The number of nitrogens with zero attached hydrogens (tertiary/aromatic N) is 4. The zero-order valence-corrected chi connectivity index (χ0v) is 14.7. The van der Waals surface area contributed by atoms with Crippen molar-refractivity contribution in [3.05, 3.63) is 90.3 Å². The molecular formula is C22H20N4. The second kappa shape index (κ2) is 6.07. The molecule has 128 valence electrons. The van der Waals surface area contributed by atoms with Crippen molar-refractivity contribution in [2.75, 3.05) is 13.6 Å². The van der Waals surface area contributed by atoms with Gasteiger partial charge in [0.1, 0.15) is 6.33 Å². The Balaban J connectivity index is 1.59. The molecule has 0 amide bonds. The van der Waals surface area contributed by atoms with Gasteiger partial charge in [0.15, 0.2) is 0 Å². The summed E-state index contributed by atoms with van der Waals surface area (Å²) in [6.07, 6.45) is 9.57. The summed E-state index contributed by atoms with van der Waals surface area (Å²) >= 11 is 0. The maximum Gasteiger partial charge on any atom is 0.115 e. The minimum Gasteiger partial charge on any atom is -0.324 e. The summed E-state index contributed by atoms with van der Waals surface area (Å²) in [5.74, 6) is 0.393. The van der Waals surface area contributed by atoms with Crippen LogP contribution in [0.3, 0.4) is 0 Å². The van der Waals surface area contributed by atoms with Gasteiger partial charge in [-0.25, -0.2) is 9.97 Å². The van der Waals surface area contributed by atoms with Crippen LogP contribution in [0.5, 0.6) is 0 Å². The number of benzene rings is 1. The van der Waals surface area contributed by atoms with E-state index >= 15 is 0 Å². The number of hydrogen-bond donors (Lipinski definition) is 0. The molecule has 0 fully saturated rings.